The summed E-state index contributed by atoms with van der Waals surface area (Å²) in [6.45, 7) is 0. The Hall–Kier alpha value is -2.26. The number of anilines is 1. The van der Waals surface area contributed by atoms with Crippen LogP contribution in [0.15, 0.2) is 46.0 Å². The second-order valence-corrected chi connectivity index (χ2v) is 6.22. The smallest absolute Gasteiger partial charge is 0.256 e. The molecule has 1 aromatic carbocycles. The molecule has 0 fully saturated rings. The topological polar surface area (TPSA) is 85.6 Å². The van der Waals surface area contributed by atoms with E-state index in [9.17, 15) is 4.79 Å². The van der Waals surface area contributed by atoms with Gasteiger partial charge in [0.2, 0.25) is 5.16 Å². The number of aryl methyl sites for hydroxylation is 1. The first-order chi connectivity index (χ1) is 10.2. The largest absolute Gasteiger partial charge is 0.312 e. The summed E-state index contributed by atoms with van der Waals surface area (Å²) in [4.78, 5) is 17.6. The van der Waals surface area contributed by atoms with Gasteiger partial charge in [0.05, 0.1) is 13.2 Å². The average Bonchev–Trinajstić information content (AvgIpc) is 3.09. The molecule has 0 saturated carbocycles. The predicted octanol–water partition coefficient (Wildman–Crippen LogP) is 2.07. The molecule has 0 atom stereocenters. The number of nitrogens with zero attached hydrogens (tertiary/aromatic N) is 5. The van der Waals surface area contributed by atoms with Gasteiger partial charge in [-0.3, -0.25) is 4.79 Å². The molecule has 0 aliphatic heterocycles. The number of tetrazole rings is 1. The number of aromatic nitrogens is 5. The Balaban J connectivity index is 1.66. The maximum Gasteiger partial charge on any atom is 0.256 e. The average molecular weight is 318 g/mol. The summed E-state index contributed by atoms with van der Waals surface area (Å²) in [5, 5.41) is 15.7. The number of benzene rings is 1. The third-order valence-corrected chi connectivity index (χ3v) is 4.26. The van der Waals surface area contributed by atoms with Crippen LogP contribution >= 0.6 is 23.1 Å². The molecule has 2 heterocycles. The van der Waals surface area contributed by atoms with Crippen LogP contribution in [0.2, 0.25) is 0 Å². The van der Waals surface area contributed by atoms with Gasteiger partial charge in [0.25, 0.3) is 5.91 Å². The molecule has 1 amide bonds. The van der Waals surface area contributed by atoms with Crippen LogP contribution in [0.3, 0.4) is 0 Å². The van der Waals surface area contributed by atoms with Crippen molar-refractivity contribution in [2.45, 2.75) is 9.50 Å². The lowest BCUT2D eigenvalue weighted by Gasteiger charge is -2.00. The van der Waals surface area contributed by atoms with E-state index in [0.29, 0.717) is 15.7 Å². The van der Waals surface area contributed by atoms with Crippen LogP contribution in [0.1, 0.15) is 10.4 Å². The molecule has 0 aliphatic carbocycles. The minimum absolute atomic E-state index is 0.159. The molecule has 0 aliphatic rings. The van der Waals surface area contributed by atoms with E-state index in [0.717, 1.165) is 4.34 Å². The zero-order valence-corrected chi connectivity index (χ0v) is 12.6. The van der Waals surface area contributed by atoms with Gasteiger partial charge >= 0.3 is 0 Å². The number of nitrogens with one attached hydrogen (secondary N) is 1. The van der Waals surface area contributed by atoms with Gasteiger partial charge in [-0.15, -0.1) is 10.2 Å². The SMILES string of the molecule is Cn1nnc(Sc2ncc(NC(=O)c3ccccc3)s2)n1. The molecule has 2 aromatic heterocycles. The highest BCUT2D eigenvalue weighted by Crippen LogP contribution is 2.31. The number of carbonyl (C=O) groups excluding carboxylic acids is 1. The van der Waals surface area contributed by atoms with E-state index in [4.69, 9.17) is 0 Å². The van der Waals surface area contributed by atoms with Crippen molar-refractivity contribution in [2.75, 3.05) is 5.32 Å². The summed E-state index contributed by atoms with van der Waals surface area (Å²) in [6, 6.07) is 9.03. The summed E-state index contributed by atoms with van der Waals surface area (Å²) in [7, 11) is 1.70. The predicted molar refractivity (Wildman–Crippen MR) is 79.4 cm³/mol. The molecule has 0 unspecified atom stereocenters. The lowest BCUT2D eigenvalue weighted by atomic mass is 10.2. The van der Waals surface area contributed by atoms with Crippen LogP contribution in [-0.2, 0) is 7.05 Å². The molecule has 0 bridgehead atoms. The van der Waals surface area contributed by atoms with Crippen molar-refractivity contribution >= 4 is 34.0 Å². The third-order valence-electron chi connectivity index (χ3n) is 2.43. The molecular formula is C12H10N6OS2. The second kappa shape index (κ2) is 6.02. The standard InChI is InChI=1S/C12H10N6OS2/c1-18-16-11(15-17-18)21-12-13-7-9(20-12)14-10(19)8-5-3-2-4-6-8/h2-7H,1H3,(H,14,19). The molecule has 9 heteroatoms. The number of hydrogen-bond acceptors (Lipinski definition) is 7. The van der Waals surface area contributed by atoms with E-state index >= 15 is 0 Å². The van der Waals surface area contributed by atoms with Crippen molar-refractivity contribution in [3.63, 3.8) is 0 Å². The molecule has 1 N–H and O–H groups in total. The lowest BCUT2D eigenvalue weighted by Crippen LogP contribution is -2.10. The van der Waals surface area contributed by atoms with Crippen molar-refractivity contribution in [2.24, 2.45) is 7.05 Å². The lowest BCUT2D eigenvalue weighted by molar-refractivity contribution is 0.102. The Morgan fingerprint density at radius 2 is 2.14 bits per heavy atom. The minimum Gasteiger partial charge on any atom is -0.312 e. The number of thiazole rings is 1. The molecule has 0 saturated heterocycles. The first kappa shape index (κ1) is 13.7. The molecule has 3 rings (SSSR count). The highest BCUT2D eigenvalue weighted by molar-refractivity contribution is 8.00. The monoisotopic (exact) mass is 318 g/mol. The first-order valence-electron chi connectivity index (χ1n) is 5.95. The molecule has 21 heavy (non-hydrogen) atoms. The highest BCUT2D eigenvalue weighted by Gasteiger charge is 2.11. The van der Waals surface area contributed by atoms with E-state index in [1.165, 1.54) is 27.9 Å². The quantitative estimate of drug-likeness (QED) is 0.792. The Labute approximate surface area is 128 Å². The Bertz CT molecular complexity index is 754. The van der Waals surface area contributed by atoms with E-state index < -0.39 is 0 Å². The van der Waals surface area contributed by atoms with Crippen molar-refractivity contribution in [1.82, 2.24) is 25.2 Å². The van der Waals surface area contributed by atoms with Crippen LogP contribution in [-0.4, -0.2) is 31.1 Å². The normalized spacial score (nSPS) is 10.5. The van der Waals surface area contributed by atoms with Gasteiger partial charge in [0, 0.05) is 5.56 Å². The maximum absolute atomic E-state index is 12.0. The van der Waals surface area contributed by atoms with Crippen LogP contribution in [0, 0.1) is 0 Å². The molecule has 3 aromatic rings. The molecule has 0 radical (unpaired) electrons. The van der Waals surface area contributed by atoms with E-state index in [-0.39, 0.29) is 5.91 Å². The van der Waals surface area contributed by atoms with E-state index in [1.807, 2.05) is 18.2 Å². The Morgan fingerprint density at radius 1 is 1.33 bits per heavy atom. The fourth-order valence-corrected chi connectivity index (χ4v) is 3.22. The van der Waals surface area contributed by atoms with Gasteiger partial charge < -0.3 is 5.32 Å². The van der Waals surface area contributed by atoms with Crippen LogP contribution in [0.4, 0.5) is 5.00 Å². The first-order valence-corrected chi connectivity index (χ1v) is 7.58. The molecule has 0 spiro atoms. The number of carbonyl (C=O) groups is 1. The van der Waals surface area contributed by atoms with Crippen LogP contribution in [0.5, 0.6) is 0 Å². The summed E-state index contributed by atoms with van der Waals surface area (Å²) in [5.74, 6) is -0.159. The minimum atomic E-state index is -0.159. The number of hydrogen-bond donors (Lipinski definition) is 1. The second-order valence-electron chi connectivity index (χ2n) is 3.97. The third kappa shape index (κ3) is 3.44. The summed E-state index contributed by atoms with van der Waals surface area (Å²) in [6.07, 6.45) is 1.62. The van der Waals surface area contributed by atoms with Gasteiger partial charge in [-0.05, 0) is 29.1 Å². The van der Waals surface area contributed by atoms with Crippen molar-refractivity contribution in [3.8, 4) is 0 Å². The van der Waals surface area contributed by atoms with Gasteiger partial charge in [-0.25, -0.2) is 4.98 Å². The number of amides is 1. The van der Waals surface area contributed by atoms with Crippen LogP contribution < -0.4 is 5.32 Å². The summed E-state index contributed by atoms with van der Waals surface area (Å²) >= 11 is 2.67. The summed E-state index contributed by atoms with van der Waals surface area (Å²) in [5.41, 5.74) is 0.607. The number of rotatable bonds is 4. The molecular weight excluding hydrogens is 308 g/mol. The summed E-state index contributed by atoms with van der Waals surface area (Å²) < 4.78 is 0.742. The van der Waals surface area contributed by atoms with Gasteiger partial charge in [0.1, 0.15) is 5.00 Å². The van der Waals surface area contributed by atoms with Gasteiger partial charge in [0.15, 0.2) is 4.34 Å². The fourth-order valence-electron chi connectivity index (χ4n) is 1.52. The Morgan fingerprint density at radius 3 is 2.86 bits per heavy atom. The Kier molecular flexibility index (Phi) is 3.93. The molecule has 106 valence electrons. The van der Waals surface area contributed by atoms with E-state index in [2.05, 4.69) is 25.7 Å². The van der Waals surface area contributed by atoms with Crippen molar-refractivity contribution in [3.05, 3.63) is 42.1 Å². The van der Waals surface area contributed by atoms with Crippen LogP contribution in [0.25, 0.3) is 0 Å². The van der Waals surface area contributed by atoms with Gasteiger partial charge in [-0.2, -0.15) is 4.80 Å². The molecule has 7 nitrogen and oxygen atoms in total. The maximum atomic E-state index is 12.0. The fraction of sp³-hybridized carbons (Fsp3) is 0.0833. The highest BCUT2D eigenvalue weighted by atomic mass is 32.2. The zero-order chi connectivity index (χ0) is 14.7. The van der Waals surface area contributed by atoms with Crippen molar-refractivity contribution < 1.29 is 4.79 Å². The van der Waals surface area contributed by atoms with E-state index in [1.54, 1.807) is 25.4 Å². The van der Waals surface area contributed by atoms with Gasteiger partial charge in [-0.1, -0.05) is 29.5 Å². The zero-order valence-electron chi connectivity index (χ0n) is 10.9. The van der Waals surface area contributed by atoms with Crippen molar-refractivity contribution in [1.29, 1.82) is 0 Å².